The average Bonchev–Trinajstić information content (AvgIpc) is 2.70. The van der Waals surface area contributed by atoms with Gasteiger partial charge in [-0.05, 0) is 48.6 Å². The lowest BCUT2D eigenvalue weighted by Gasteiger charge is -2.38. The van der Waals surface area contributed by atoms with Crippen LogP contribution in [0.3, 0.4) is 0 Å². The van der Waals surface area contributed by atoms with Gasteiger partial charge in [-0.2, -0.15) is 0 Å². The number of hydrogen-bond acceptors (Lipinski definition) is 4. The number of benzene rings is 2. The molecule has 1 aliphatic rings. The molecule has 0 radical (unpaired) electrons. The van der Waals surface area contributed by atoms with Crippen LogP contribution in [0.25, 0.3) is 0 Å². The minimum Gasteiger partial charge on any atom is -0.493 e. The van der Waals surface area contributed by atoms with Crippen LogP contribution in [0.2, 0.25) is 0 Å². The fourth-order valence-electron chi connectivity index (χ4n) is 3.70. The van der Waals surface area contributed by atoms with Crippen molar-refractivity contribution in [2.75, 3.05) is 20.8 Å². The Morgan fingerprint density at radius 3 is 2.43 bits per heavy atom. The van der Waals surface area contributed by atoms with Crippen LogP contribution in [0, 0.1) is 0 Å². The van der Waals surface area contributed by atoms with Crippen LogP contribution in [0.5, 0.6) is 11.5 Å². The average molecular weight is 405 g/mol. The van der Waals surface area contributed by atoms with Gasteiger partial charge in [-0.25, -0.2) is 0 Å². The van der Waals surface area contributed by atoms with Gasteiger partial charge in [0.05, 0.1) is 20.3 Å². The van der Waals surface area contributed by atoms with Gasteiger partial charge in [0, 0.05) is 19.0 Å². The van der Waals surface area contributed by atoms with E-state index in [1.807, 2.05) is 42.2 Å². The molecular weight excluding hydrogens is 376 g/mol. The van der Waals surface area contributed by atoms with Crippen molar-refractivity contribution in [1.82, 2.24) is 4.90 Å². The van der Waals surface area contributed by atoms with Crippen LogP contribution in [0.15, 0.2) is 42.5 Å². The maximum Gasteiger partial charge on any atom is 0.223 e. The first-order valence-electron chi connectivity index (χ1n) is 9.40. The number of nitrogens with two attached hydrogens (primary N) is 1. The molecule has 3 rings (SSSR count). The molecule has 0 aromatic heterocycles. The van der Waals surface area contributed by atoms with E-state index in [-0.39, 0.29) is 30.4 Å². The topological polar surface area (TPSA) is 64.8 Å². The third-order valence-corrected chi connectivity index (χ3v) is 5.12. The van der Waals surface area contributed by atoms with Crippen LogP contribution >= 0.6 is 12.4 Å². The maximum absolute atomic E-state index is 13.0. The first-order valence-corrected chi connectivity index (χ1v) is 9.40. The quantitative estimate of drug-likeness (QED) is 0.796. The standard InChI is InChI=1S/C22H28N2O3.ClH/c1-15(23)9-10-21(25)24-12-11-17-13-19(26-2)20(27-3)14-18(17)22(24)16-7-5-4-6-8-16;/h4-8,13-15,22H,9-12,23H2,1-3H3;1H. The van der Waals surface area contributed by atoms with E-state index in [1.165, 1.54) is 5.56 Å². The zero-order chi connectivity index (χ0) is 19.4. The van der Waals surface area contributed by atoms with Crippen LogP contribution in [0.4, 0.5) is 0 Å². The number of fused-ring (bicyclic) bond motifs is 1. The van der Waals surface area contributed by atoms with Crippen LogP contribution in [-0.2, 0) is 11.2 Å². The van der Waals surface area contributed by atoms with E-state index in [1.54, 1.807) is 14.2 Å². The predicted octanol–water partition coefficient (Wildman–Crippen LogP) is 3.73. The minimum atomic E-state index is -0.129. The summed E-state index contributed by atoms with van der Waals surface area (Å²) >= 11 is 0. The number of nitrogens with zero attached hydrogens (tertiary/aromatic N) is 1. The van der Waals surface area contributed by atoms with Crippen molar-refractivity contribution in [3.05, 3.63) is 59.2 Å². The Balaban J connectivity index is 0.00000280. The number of halogens is 1. The highest BCUT2D eigenvalue weighted by Gasteiger charge is 2.33. The van der Waals surface area contributed by atoms with Gasteiger partial charge in [0.15, 0.2) is 11.5 Å². The SMILES string of the molecule is COc1cc2c(cc1OC)C(c1ccccc1)N(C(=O)CCC(C)N)CC2.Cl. The normalized spacial score (nSPS) is 16.6. The predicted molar refractivity (Wildman–Crippen MR) is 113 cm³/mol. The van der Waals surface area contributed by atoms with Crippen molar-refractivity contribution < 1.29 is 14.3 Å². The van der Waals surface area contributed by atoms with E-state index in [0.717, 1.165) is 23.3 Å². The van der Waals surface area contributed by atoms with E-state index in [9.17, 15) is 4.79 Å². The van der Waals surface area contributed by atoms with E-state index in [0.29, 0.717) is 25.1 Å². The molecule has 2 aromatic carbocycles. The van der Waals surface area contributed by atoms with E-state index in [4.69, 9.17) is 15.2 Å². The zero-order valence-electron chi connectivity index (χ0n) is 16.7. The van der Waals surface area contributed by atoms with Gasteiger partial charge in [0.2, 0.25) is 5.91 Å². The lowest BCUT2D eigenvalue weighted by Crippen LogP contribution is -2.41. The van der Waals surface area contributed by atoms with Gasteiger partial charge in [-0.15, -0.1) is 12.4 Å². The maximum atomic E-state index is 13.0. The molecule has 6 heteroatoms. The Morgan fingerprint density at radius 1 is 1.18 bits per heavy atom. The summed E-state index contributed by atoms with van der Waals surface area (Å²) < 4.78 is 11.0. The molecule has 0 saturated heterocycles. The molecule has 0 fully saturated rings. The second kappa shape index (κ2) is 9.80. The van der Waals surface area contributed by atoms with Crippen LogP contribution in [-0.4, -0.2) is 37.6 Å². The smallest absolute Gasteiger partial charge is 0.223 e. The summed E-state index contributed by atoms with van der Waals surface area (Å²) in [6.45, 7) is 2.62. The van der Waals surface area contributed by atoms with Crippen molar-refractivity contribution in [3.63, 3.8) is 0 Å². The molecule has 5 nitrogen and oxygen atoms in total. The van der Waals surface area contributed by atoms with Crippen molar-refractivity contribution in [2.24, 2.45) is 5.73 Å². The highest BCUT2D eigenvalue weighted by Crippen LogP contribution is 2.41. The molecule has 2 atom stereocenters. The number of ether oxygens (including phenoxy) is 2. The third kappa shape index (κ3) is 4.59. The molecular formula is C22H29ClN2O3. The van der Waals surface area contributed by atoms with Crippen LogP contribution < -0.4 is 15.2 Å². The molecule has 0 saturated carbocycles. The summed E-state index contributed by atoms with van der Waals surface area (Å²) in [6, 6.07) is 14.1. The number of methoxy groups -OCH3 is 2. The Kier molecular flexibility index (Phi) is 7.72. The summed E-state index contributed by atoms with van der Waals surface area (Å²) in [4.78, 5) is 15.0. The Bertz CT molecular complexity index is 796. The molecule has 0 spiro atoms. The lowest BCUT2D eigenvalue weighted by atomic mass is 9.87. The summed E-state index contributed by atoms with van der Waals surface area (Å²) in [5, 5.41) is 0. The largest absolute Gasteiger partial charge is 0.493 e. The van der Waals surface area contributed by atoms with Gasteiger partial charge in [0.1, 0.15) is 0 Å². The van der Waals surface area contributed by atoms with Crippen molar-refractivity contribution in [1.29, 1.82) is 0 Å². The first kappa shape index (κ1) is 22.1. The Morgan fingerprint density at radius 2 is 1.82 bits per heavy atom. The van der Waals surface area contributed by atoms with Crippen molar-refractivity contribution in [2.45, 2.75) is 38.3 Å². The summed E-state index contributed by atoms with van der Waals surface area (Å²) in [5.74, 6) is 1.54. The molecule has 0 aliphatic carbocycles. The minimum absolute atomic E-state index is 0. The van der Waals surface area contributed by atoms with Gasteiger partial charge in [-0.1, -0.05) is 30.3 Å². The zero-order valence-corrected chi connectivity index (χ0v) is 17.5. The number of carbonyl (C=O) groups is 1. The fraction of sp³-hybridized carbons (Fsp3) is 0.409. The van der Waals surface area contributed by atoms with Gasteiger partial charge in [0.25, 0.3) is 0 Å². The molecule has 1 heterocycles. The highest BCUT2D eigenvalue weighted by molar-refractivity contribution is 5.85. The third-order valence-electron chi connectivity index (χ3n) is 5.12. The van der Waals surface area contributed by atoms with Gasteiger partial charge in [-0.3, -0.25) is 4.79 Å². The van der Waals surface area contributed by atoms with E-state index < -0.39 is 0 Å². The number of rotatable bonds is 6. The molecule has 1 aliphatic heterocycles. The second-order valence-electron chi connectivity index (χ2n) is 7.07. The van der Waals surface area contributed by atoms with Crippen molar-refractivity contribution in [3.8, 4) is 11.5 Å². The molecule has 2 unspecified atom stereocenters. The summed E-state index contributed by atoms with van der Waals surface area (Å²) in [6.07, 6.45) is 1.95. The van der Waals surface area contributed by atoms with E-state index >= 15 is 0 Å². The number of carbonyl (C=O) groups excluding carboxylic acids is 1. The Labute approximate surface area is 173 Å². The molecule has 1 amide bonds. The lowest BCUT2D eigenvalue weighted by molar-refractivity contribution is -0.133. The van der Waals surface area contributed by atoms with E-state index in [2.05, 4.69) is 12.1 Å². The Hall–Kier alpha value is -2.24. The molecule has 28 heavy (non-hydrogen) atoms. The fourth-order valence-corrected chi connectivity index (χ4v) is 3.70. The number of hydrogen-bond donors (Lipinski definition) is 1. The summed E-state index contributed by atoms with van der Waals surface area (Å²) in [5.41, 5.74) is 9.25. The van der Waals surface area contributed by atoms with Crippen molar-refractivity contribution >= 4 is 18.3 Å². The summed E-state index contributed by atoms with van der Waals surface area (Å²) in [7, 11) is 3.28. The molecule has 2 aromatic rings. The molecule has 152 valence electrons. The van der Waals surface area contributed by atoms with Gasteiger partial charge >= 0.3 is 0 Å². The first-order chi connectivity index (χ1) is 13.0. The van der Waals surface area contributed by atoms with Gasteiger partial charge < -0.3 is 20.1 Å². The highest BCUT2D eigenvalue weighted by atomic mass is 35.5. The van der Waals surface area contributed by atoms with Crippen LogP contribution in [0.1, 0.15) is 42.5 Å². The second-order valence-corrected chi connectivity index (χ2v) is 7.07. The molecule has 2 N–H and O–H groups in total. The number of amides is 1. The molecule has 0 bridgehead atoms. The monoisotopic (exact) mass is 404 g/mol.